The first kappa shape index (κ1) is 20.7. The molecule has 0 aliphatic rings. The summed E-state index contributed by atoms with van der Waals surface area (Å²) in [6, 6.07) is 20.4. The van der Waals surface area contributed by atoms with E-state index in [0.717, 1.165) is 48.8 Å². The highest BCUT2D eigenvalue weighted by Gasteiger charge is 2.11. The fourth-order valence-corrected chi connectivity index (χ4v) is 3.84. The van der Waals surface area contributed by atoms with Gasteiger partial charge in [-0.25, -0.2) is 0 Å². The maximum absolute atomic E-state index is 10.8. The van der Waals surface area contributed by atoms with E-state index in [1.54, 1.807) is 12.1 Å². The second kappa shape index (κ2) is 9.49. The summed E-state index contributed by atoms with van der Waals surface area (Å²) in [6.07, 6.45) is 4.06. The Bertz CT molecular complexity index is 1230. The minimum absolute atomic E-state index is 0.0320. The van der Waals surface area contributed by atoms with Crippen LogP contribution < -0.4 is 0 Å². The molecule has 4 rings (SSSR count). The van der Waals surface area contributed by atoms with Gasteiger partial charge in [0.1, 0.15) is 0 Å². The molecule has 3 aromatic carbocycles. The molecule has 0 radical (unpaired) electrons. The molecule has 0 spiro atoms. The molecule has 0 fully saturated rings. The lowest BCUT2D eigenvalue weighted by Crippen LogP contribution is -1.97. The Labute approximate surface area is 179 Å². The zero-order chi connectivity index (χ0) is 21.6. The Morgan fingerprint density at radius 3 is 2.26 bits per heavy atom. The van der Waals surface area contributed by atoms with Crippen molar-refractivity contribution in [1.82, 2.24) is 4.57 Å². The number of benzene rings is 3. The molecule has 0 aliphatic heterocycles. The summed E-state index contributed by atoms with van der Waals surface area (Å²) < 4.78 is 2.35. The van der Waals surface area contributed by atoms with Gasteiger partial charge >= 0.3 is 0 Å². The van der Waals surface area contributed by atoms with E-state index in [9.17, 15) is 10.1 Å². The van der Waals surface area contributed by atoms with Crippen LogP contribution in [0.3, 0.4) is 0 Å². The number of hydrogen-bond acceptors (Lipinski definition) is 5. The van der Waals surface area contributed by atoms with E-state index >= 15 is 0 Å². The van der Waals surface area contributed by atoms with Crippen LogP contribution >= 0.6 is 0 Å². The fraction of sp³-hybridized carbons (Fsp3) is 0.250. The molecule has 0 bridgehead atoms. The van der Waals surface area contributed by atoms with Gasteiger partial charge in [-0.05, 0) is 49.2 Å². The lowest BCUT2D eigenvalue weighted by molar-refractivity contribution is -0.384. The lowest BCUT2D eigenvalue weighted by Gasteiger charge is -2.07. The molecule has 1 heterocycles. The fourth-order valence-electron chi connectivity index (χ4n) is 3.84. The minimum Gasteiger partial charge on any atom is -0.396 e. The summed E-state index contributed by atoms with van der Waals surface area (Å²) in [5.74, 6) is 0. The van der Waals surface area contributed by atoms with E-state index in [1.807, 2.05) is 18.2 Å². The number of nitro groups is 1. The van der Waals surface area contributed by atoms with E-state index in [4.69, 9.17) is 5.11 Å². The number of azo groups is 1. The Balaban J connectivity index is 1.61. The molecule has 7 heteroatoms. The van der Waals surface area contributed by atoms with Crippen LogP contribution in [0.25, 0.3) is 21.8 Å². The zero-order valence-corrected chi connectivity index (χ0v) is 17.1. The van der Waals surface area contributed by atoms with Crippen molar-refractivity contribution >= 4 is 38.9 Å². The topological polar surface area (TPSA) is 93.0 Å². The highest BCUT2D eigenvalue weighted by molar-refractivity contribution is 6.08. The van der Waals surface area contributed by atoms with Gasteiger partial charge in [-0.2, -0.15) is 10.2 Å². The average Bonchev–Trinajstić information content (AvgIpc) is 3.11. The molecule has 0 saturated heterocycles. The number of aliphatic hydroxyl groups excluding tert-OH is 1. The van der Waals surface area contributed by atoms with Gasteiger partial charge in [0.25, 0.3) is 5.69 Å². The van der Waals surface area contributed by atoms with Gasteiger partial charge in [0, 0.05) is 47.1 Å². The van der Waals surface area contributed by atoms with Crippen LogP contribution in [0.5, 0.6) is 0 Å². The van der Waals surface area contributed by atoms with E-state index in [2.05, 4.69) is 39.1 Å². The van der Waals surface area contributed by atoms with Crippen LogP contribution in [0, 0.1) is 10.1 Å². The van der Waals surface area contributed by atoms with Crippen molar-refractivity contribution in [3.63, 3.8) is 0 Å². The molecule has 0 amide bonds. The van der Waals surface area contributed by atoms with Crippen molar-refractivity contribution in [1.29, 1.82) is 0 Å². The quantitative estimate of drug-likeness (QED) is 0.143. The monoisotopic (exact) mass is 416 g/mol. The molecular formula is C24H24N4O3. The number of para-hydroxylation sites is 1. The van der Waals surface area contributed by atoms with Gasteiger partial charge in [0.2, 0.25) is 0 Å². The van der Waals surface area contributed by atoms with Gasteiger partial charge in [0.15, 0.2) is 0 Å². The number of aromatic nitrogens is 1. The Hall–Kier alpha value is -3.58. The molecule has 31 heavy (non-hydrogen) atoms. The highest BCUT2D eigenvalue weighted by Crippen LogP contribution is 2.33. The third-order valence-corrected chi connectivity index (χ3v) is 5.39. The van der Waals surface area contributed by atoms with Crippen molar-refractivity contribution in [3.8, 4) is 0 Å². The molecule has 4 aromatic rings. The number of fused-ring (bicyclic) bond motifs is 3. The number of hydrogen-bond donors (Lipinski definition) is 1. The van der Waals surface area contributed by atoms with E-state index in [-0.39, 0.29) is 12.3 Å². The van der Waals surface area contributed by atoms with Crippen LogP contribution in [-0.4, -0.2) is 21.2 Å². The Kier molecular flexibility index (Phi) is 6.33. The predicted octanol–water partition coefficient (Wildman–Crippen LogP) is 6.67. The van der Waals surface area contributed by atoms with Crippen molar-refractivity contribution in [2.75, 3.05) is 6.61 Å². The first-order valence-corrected chi connectivity index (χ1v) is 10.5. The predicted molar refractivity (Wildman–Crippen MR) is 122 cm³/mol. The van der Waals surface area contributed by atoms with Crippen LogP contribution in [0.2, 0.25) is 0 Å². The maximum atomic E-state index is 10.8. The largest absolute Gasteiger partial charge is 0.396 e. The molecule has 0 aliphatic carbocycles. The second-order valence-corrected chi connectivity index (χ2v) is 7.48. The van der Waals surface area contributed by atoms with Crippen molar-refractivity contribution in [2.45, 2.75) is 32.2 Å². The molecule has 158 valence electrons. The smallest absolute Gasteiger partial charge is 0.269 e. The normalized spacial score (nSPS) is 11.6. The first-order valence-electron chi connectivity index (χ1n) is 10.5. The minimum atomic E-state index is -0.433. The Morgan fingerprint density at radius 2 is 1.48 bits per heavy atom. The molecule has 7 nitrogen and oxygen atoms in total. The van der Waals surface area contributed by atoms with Crippen molar-refractivity contribution in [2.24, 2.45) is 10.2 Å². The number of aliphatic hydroxyl groups is 1. The number of rotatable bonds is 9. The number of nitrogens with zero attached hydrogens (tertiary/aromatic N) is 4. The van der Waals surface area contributed by atoms with Crippen LogP contribution in [-0.2, 0) is 6.54 Å². The van der Waals surface area contributed by atoms with E-state index in [1.165, 1.54) is 23.0 Å². The van der Waals surface area contributed by atoms with Gasteiger partial charge < -0.3 is 9.67 Å². The Morgan fingerprint density at radius 1 is 0.806 bits per heavy atom. The van der Waals surface area contributed by atoms with Crippen LogP contribution in [0.1, 0.15) is 25.7 Å². The summed E-state index contributed by atoms with van der Waals surface area (Å²) in [4.78, 5) is 10.3. The second-order valence-electron chi connectivity index (χ2n) is 7.48. The number of aryl methyl sites for hydroxylation is 1. The summed E-state index contributed by atoms with van der Waals surface area (Å²) >= 11 is 0. The van der Waals surface area contributed by atoms with Crippen molar-refractivity contribution in [3.05, 3.63) is 76.8 Å². The van der Waals surface area contributed by atoms with Gasteiger partial charge in [-0.15, -0.1) is 0 Å². The third kappa shape index (κ3) is 4.62. The van der Waals surface area contributed by atoms with Gasteiger partial charge in [-0.3, -0.25) is 10.1 Å². The molecule has 0 unspecified atom stereocenters. The van der Waals surface area contributed by atoms with Gasteiger partial charge in [-0.1, -0.05) is 31.0 Å². The molecule has 1 aromatic heterocycles. The zero-order valence-electron chi connectivity index (χ0n) is 17.1. The highest BCUT2D eigenvalue weighted by atomic mass is 16.6. The van der Waals surface area contributed by atoms with Crippen molar-refractivity contribution < 1.29 is 10.0 Å². The first-order chi connectivity index (χ1) is 15.2. The third-order valence-electron chi connectivity index (χ3n) is 5.39. The molecular weight excluding hydrogens is 392 g/mol. The summed E-state index contributed by atoms with van der Waals surface area (Å²) in [7, 11) is 0. The lowest BCUT2D eigenvalue weighted by atomic mass is 10.1. The van der Waals surface area contributed by atoms with Crippen LogP contribution in [0.15, 0.2) is 77.0 Å². The molecule has 0 atom stereocenters. The van der Waals surface area contributed by atoms with Gasteiger partial charge in [0.05, 0.1) is 16.3 Å². The number of nitro benzene ring substituents is 1. The molecule has 0 saturated carbocycles. The maximum Gasteiger partial charge on any atom is 0.269 e. The summed E-state index contributed by atoms with van der Waals surface area (Å²) in [5, 5.41) is 30.6. The van der Waals surface area contributed by atoms with E-state index in [0.29, 0.717) is 5.69 Å². The number of unbranched alkanes of at least 4 members (excludes halogenated alkanes) is 3. The standard InChI is InChI=1S/C24H24N4O3/c29-16-6-2-1-5-15-27-23-8-4-3-7-21(23)22-17-19(11-14-24(22)27)26-25-18-9-12-20(13-10-18)28(30)31/h3-4,7-14,17,29H,1-2,5-6,15-16H2. The summed E-state index contributed by atoms with van der Waals surface area (Å²) in [5.41, 5.74) is 3.69. The number of non-ortho nitro benzene ring substituents is 1. The van der Waals surface area contributed by atoms with E-state index < -0.39 is 4.92 Å². The summed E-state index contributed by atoms with van der Waals surface area (Å²) in [6.45, 7) is 1.19. The average molecular weight is 416 g/mol. The SMILES string of the molecule is O=[N+]([O-])c1ccc(N=Nc2ccc3c(c2)c2ccccc2n3CCCCCCO)cc1. The van der Waals surface area contributed by atoms with Crippen LogP contribution in [0.4, 0.5) is 17.1 Å². The molecule has 1 N–H and O–H groups in total.